The van der Waals surface area contributed by atoms with E-state index >= 15 is 0 Å². The van der Waals surface area contributed by atoms with Crippen molar-refractivity contribution in [1.82, 2.24) is 9.78 Å². The van der Waals surface area contributed by atoms with E-state index in [1.807, 2.05) is 37.3 Å². The number of furan rings is 1. The second-order valence-electron chi connectivity index (χ2n) is 5.53. The first kappa shape index (κ1) is 17.5. The van der Waals surface area contributed by atoms with Crippen molar-refractivity contribution in [3.8, 4) is 11.5 Å². The summed E-state index contributed by atoms with van der Waals surface area (Å²) in [6, 6.07) is 12.7. The molecule has 3 aromatic rings. The highest BCUT2D eigenvalue weighted by Gasteiger charge is 2.07. The van der Waals surface area contributed by atoms with Crippen molar-refractivity contribution in [3.63, 3.8) is 0 Å². The second-order valence-corrected chi connectivity index (χ2v) is 5.53. The van der Waals surface area contributed by atoms with Gasteiger partial charge in [0.25, 0.3) is 0 Å². The molecule has 0 aliphatic heterocycles. The van der Waals surface area contributed by atoms with Gasteiger partial charge in [-0.2, -0.15) is 5.10 Å². The zero-order valence-electron chi connectivity index (χ0n) is 14.7. The van der Waals surface area contributed by atoms with E-state index in [1.165, 1.54) is 10.8 Å². The number of ketones is 1. The summed E-state index contributed by atoms with van der Waals surface area (Å²) < 4.78 is 18.3. The summed E-state index contributed by atoms with van der Waals surface area (Å²) in [5.41, 5.74) is 0.520. The van der Waals surface area contributed by atoms with Crippen LogP contribution in [0.4, 0.5) is 0 Å². The van der Waals surface area contributed by atoms with Crippen LogP contribution >= 0.6 is 0 Å². The lowest BCUT2D eigenvalue weighted by atomic mass is 10.2. The van der Waals surface area contributed by atoms with Crippen molar-refractivity contribution in [2.75, 3.05) is 6.61 Å². The fourth-order valence-electron chi connectivity index (χ4n) is 2.37. The van der Waals surface area contributed by atoms with E-state index in [9.17, 15) is 4.79 Å². The average molecular weight is 352 g/mol. The molecule has 6 heteroatoms. The zero-order chi connectivity index (χ0) is 18.4. The Morgan fingerprint density at radius 1 is 1.12 bits per heavy atom. The van der Waals surface area contributed by atoms with Gasteiger partial charge >= 0.3 is 0 Å². The molecule has 0 spiro atoms. The molecule has 0 atom stereocenters. The lowest BCUT2D eigenvalue weighted by Gasteiger charge is -2.06. The van der Waals surface area contributed by atoms with Crippen molar-refractivity contribution < 1.29 is 18.7 Å². The smallest absolute Gasteiger partial charge is 0.203 e. The molecule has 0 amide bonds. The Morgan fingerprint density at radius 3 is 2.50 bits per heavy atom. The molecule has 6 nitrogen and oxygen atoms in total. The quantitative estimate of drug-likeness (QED) is 0.454. The Balaban J connectivity index is 1.55. The highest BCUT2D eigenvalue weighted by atomic mass is 16.5. The SMILES string of the molecule is CCOc1ccc(OCc2ccc(/C=C/C(=O)c3ccnn3C)o2)cc1. The van der Waals surface area contributed by atoms with Gasteiger partial charge in [-0.05, 0) is 61.5 Å². The van der Waals surface area contributed by atoms with Gasteiger partial charge < -0.3 is 13.9 Å². The van der Waals surface area contributed by atoms with Gasteiger partial charge in [0.2, 0.25) is 5.78 Å². The summed E-state index contributed by atoms with van der Waals surface area (Å²) in [5, 5.41) is 3.98. The number of rotatable bonds is 8. The lowest BCUT2D eigenvalue weighted by Crippen LogP contribution is -2.03. The molecule has 1 aromatic carbocycles. The third kappa shape index (κ3) is 4.42. The van der Waals surface area contributed by atoms with Crippen LogP contribution in [0.25, 0.3) is 6.08 Å². The summed E-state index contributed by atoms with van der Waals surface area (Å²) in [6.45, 7) is 2.88. The fraction of sp³-hybridized carbons (Fsp3) is 0.200. The normalized spacial score (nSPS) is 11.0. The largest absolute Gasteiger partial charge is 0.494 e. The molecule has 0 fully saturated rings. The first-order valence-electron chi connectivity index (χ1n) is 8.30. The molecule has 26 heavy (non-hydrogen) atoms. The van der Waals surface area contributed by atoms with Crippen LogP contribution < -0.4 is 9.47 Å². The van der Waals surface area contributed by atoms with E-state index in [4.69, 9.17) is 13.9 Å². The summed E-state index contributed by atoms with van der Waals surface area (Å²) >= 11 is 0. The third-order valence-corrected chi connectivity index (χ3v) is 3.67. The van der Waals surface area contributed by atoms with Crippen molar-refractivity contribution in [2.45, 2.75) is 13.5 Å². The van der Waals surface area contributed by atoms with Crippen LogP contribution in [0.5, 0.6) is 11.5 Å². The van der Waals surface area contributed by atoms with Crippen LogP contribution in [-0.4, -0.2) is 22.2 Å². The highest BCUT2D eigenvalue weighted by Crippen LogP contribution is 2.19. The Hall–Kier alpha value is -3.28. The minimum absolute atomic E-state index is 0.131. The van der Waals surface area contributed by atoms with E-state index in [1.54, 1.807) is 31.5 Å². The summed E-state index contributed by atoms with van der Waals surface area (Å²) in [4.78, 5) is 12.1. The Bertz CT molecular complexity index is 891. The molecule has 3 rings (SSSR count). The minimum atomic E-state index is -0.131. The number of hydrogen-bond acceptors (Lipinski definition) is 5. The number of aryl methyl sites for hydroxylation is 1. The van der Waals surface area contributed by atoms with Gasteiger partial charge in [-0.15, -0.1) is 0 Å². The molecule has 0 radical (unpaired) electrons. The van der Waals surface area contributed by atoms with Crippen molar-refractivity contribution in [1.29, 1.82) is 0 Å². The molecule has 0 unspecified atom stereocenters. The molecular formula is C20H20N2O4. The van der Waals surface area contributed by atoms with Crippen LogP contribution in [0, 0.1) is 0 Å². The third-order valence-electron chi connectivity index (χ3n) is 3.67. The summed E-state index contributed by atoms with van der Waals surface area (Å²) in [7, 11) is 1.73. The Labute approximate surface area is 151 Å². The van der Waals surface area contributed by atoms with Crippen molar-refractivity contribution in [2.24, 2.45) is 7.05 Å². The van der Waals surface area contributed by atoms with E-state index in [2.05, 4.69) is 5.10 Å². The molecule has 0 aliphatic rings. The van der Waals surface area contributed by atoms with E-state index in [-0.39, 0.29) is 5.78 Å². The molecule has 0 bridgehead atoms. The molecule has 0 saturated carbocycles. The minimum Gasteiger partial charge on any atom is -0.494 e. The molecule has 0 aliphatic carbocycles. The zero-order valence-corrected chi connectivity index (χ0v) is 14.7. The number of aromatic nitrogens is 2. The number of carbonyl (C=O) groups excluding carboxylic acids is 1. The first-order chi connectivity index (χ1) is 12.7. The summed E-state index contributed by atoms with van der Waals surface area (Å²) in [5.74, 6) is 2.67. The van der Waals surface area contributed by atoms with Gasteiger partial charge in [0.05, 0.1) is 6.61 Å². The number of nitrogens with zero attached hydrogens (tertiary/aromatic N) is 2. The molecular weight excluding hydrogens is 332 g/mol. The van der Waals surface area contributed by atoms with Crippen LogP contribution in [0.2, 0.25) is 0 Å². The fourth-order valence-corrected chi connectivity index (χ4v) is 2.37. The van der Waals surface area contributed by atoms with Crippen molar-refractivity contribution in [3.05, 3.63) is 72.0 Å². The van der Waals surface area contributed by atoms with Gasteiger partial charge in [-0.3, -0.25) is 9.48 Å². The molecule has 0 N–H and O–H groups in total. The predicted molar refractivity (Wildman–Crippen MR) is 97.2 cm³/mol. The molecule has 2 heterocycles. The average Bonchev–Trinajstić information content (AvgIpc) is 3.28. The van der Waals surface area contributed by atoms with E-state index < -0.39 is 0 Å². The second kappa shape index (κ2) is 8.20. The topological polar surface area (TPSA) is 66.5 Å². The molecule has 134 valence electrons. The summed E-state index contributed by atoms with van der Waals surface area (Å²) in [6.07, 6.45) is 4.69. The number of benzene rings is 1. The van der Waals surface area contributed by atoms with Gasteiger partial charge in [-0.1, -0.05) is 0 Å². The number of ether oxygens (including phenoxy) is 2. The predicted octanol–water partition coefficient (Wildman–Crippen LogP) is 3.89. The number of carbonyl (C=O) groups is 1. The van der Waals surface area contributed by atoms with Crippen LogP contribution in [0.1, 0.15) is 28.9 Å². The van der Waals surface area contributed by atoms with Crippen LogP contribution in [0.15, 0.2) is 59.2 Å². The van der Waals surface area contributed by atoms with Gasteiger partial charge in [0, 0.05) is 13.2 Å². The maximum atomic E-state index is 12.1. The molecule has 0 saturated heterocycles. The van der Waals surface area contributed by atoms with Crippen LogP contribution in [0.3, 0.4) is 0 Å². The van der Waals surface area contributed by atoms with Gasteiger partial charge in [0.15, 0.2) is 0 Å². The number of hydrogen-bond donors (Lipinski definition) is 0. The highest BCUT2D eigenvalue weighted by molar-refractivity contribution is 6.05. The standard InChI is InChI=1S/C20H20N2O4/c1-3-24-15-4-6-16(7-5-15)25-14-18-9-8-17(26-18)10-11-20(23)19-12-13-21-22(19)2/h4-13H,3,14H2,1-2H3/b11-10+. The van der Waals surface area contributed by atoms with Crippen LogP contribution in [-0.2, 0) is 13.7 Å². The van der Waals surface area contributed by atoms with Gasteiger partial charge in [-0.25, -0.2) is 0 Å². The Kier molecular flexibility index (Phi) is 5.53. The Morgan fingerprint density at radius 2 is 1.85 bits per heavy atom. The first-order valence-corrected chi connectivity index (χ1v) is 8.30. The maximum absolute atomic E-state index is 12.1. The monoisotopic (exact) mass is 352 g/mol. The maximum Gasteiger partial charge on any atom is 0.203 e. The van der Waals surface area contributed by atoms with E-state index in [0.29, 0.717) is 30.4 Å². The lowest BCUT2D eigenvalue weighted by molar-refractivity contribution is 0.103. The van der Waals surface area contributed by atoms with Gasteiger partial charge in [0.1, 0.15) is 35.3 Å². The molecule has 2 aromatic heterocycles. The van der Waals surface area contributed by atoms with Crippen molar-refractivity contribution >= 4 is 11.9 Å². The number of allylic oxidation sites excluding steroid dienone is 1. The van der Waals surface area contributed by atoms with E-state index in [0.717, 1.165) is 11.5 Å².